The summed E-state index contributed by atoms with van der Waals surface area (Å²) in [6.07, 6.45) is 3.11. The molecule has 0 bridgehead atoms. The molecule has 3 heteroatoms. The molecule has 0 aromatic carbocycles. The monoisotopic (exact) mass is 303 g/mol. The Morgan fingerprint density at radius 1 is 1.47 bits per heavy atom. The maximum Gasteiger partial charge on any atom is 0.222 e. The molecule has 1 amide bonds. The molecule has 0 saturated carbocycles. The first-order chi connectivity index (χ1) is 7.84. The third-order valence-corrected chi connectivity index (χ3v) is 4.96. The van der Waals surface area contributed by atoms with E-state index in [1.807, 2.05) is 0 Å². The van der Waals surface area contributed by atoms with E-state index in [-0.39, 0.29) is 5.41 Å². The van der Waals surface area contributed by atoms with Gasteiger partial charge in [-0.3, -0.25) is 4.79 Å². The van der Waals surface area contributed by atoms with Gasteiger partial charge in [-0.05, 0) is 30.1 Å². The lowest BCUT2D eigenvalue weighted by Gasteiger charge is -2.34. The molecule has 0 aliphatic carbocycles. The Morgan fingerprint density at radius 3 is 2.65 bits per heavy atom. The Balaban J connectivity index is 2.47. The van der Waals surface area contributed by atoms with E-state index in [4.69, 9.17) is 0 Å². The highest BCUT2D eigenvalue weighted by Gasteiger charge is 2.27. The molecule has 2 atom stereocenters. The molecule has 0 radical (unpaired) electrons. The van der Waals surface area contributed by atoms with Crippen LogP contribution >= 0.6 is 15.9 Å². The number of likely N-dealkylation sites (tertiary alicyclic amines) is 1. The zero-order valence-corrected chi connectivity index (χ0v) is 13.2. The number of hydrogen-bond donors (Lipinski definition) is 0. The lowest BCUT2D eigenvalue weighted by molar-refractivity contribution is -0.134. The van der Waals surface area contributed by atoms with E-state index < -0.39 is 0 Å². The van der Waals surface area contributed by atoms with Crippen LogP contribution in [0, 0.1) is 17.3 Å². The summed E-state index contributed by atoms with van der Waals surface area (Å²) in [5.41, 5.74) is 0.222. The molecular weight excluding hydrogens is 278 g/mol. The predicted molar refractivity (Wildman–Crippen MR) is 76.3 cm³/mol. The number of halogens is 1. The van der Waals surface area contributed by atoms with Gasteiger partial charge < -0.3 is 4.90 Å². The third-order valence-electron chi connectivity index (χ3n) is 4.05. The van der Waals surface area contributed by atoms with E-state index in [9.17, 15) is 4.79 Å². The molecule has 2 unspecified atom stereocenters. The van der Waals surface area contributed by atoms with Crippen molar-refractivity contribution in [2.45, 2.75) is 47.0 Å². The van der Waals surface area contributed by atoms with Gasteiger partial charge in [0.2, 0.25) is 5.91 Å². The second-order valence-corrected chi connectivity index (χ2v) is 7.12. The van der Waals surface area contributed by atoms with Crippen molar-refractivity contribution in [3.63, 3.8) is 0 Å². The van der Waals surface area contributed by atoms with Crippen LogP contribution in [0.4, 0.5) is 0 Å². The Bertz CT molecular complexity index is 259. The van der Waals surface area contributed by atoms with E-state index in [1.54, 1.807) is 0 Å². The molecule has 0 aromatic heterocycles. The first-order valence-corrected chi connectivity index (χ1v) is 7.80. The number of alkyl halides is 1. The van der Waals surface area contributed by atoms with Crippen LogP contribution < -0.4 is 0 Å². The van der Waals surface area contributed by atoms with Crippen LogP contribution in [0.3, 0.4) is 0 Å². The Labute approximate surface area is 114 Å². The van der Waals surface area contributed by atoms with Crippen LogP contribution in [0.2, 0.25) is 0 Å². The Hall–Kier alpha value is -0.0500. The van der Waals surface area contributed by atoms with Gasteiger partial charge >= 0.3 is 0 Å². The summed E-state index contributed by atoms with van der Waals surface area (Å²) in [6.45, 7) is 10.7. The number of amides is 1. The Kier molecular flexibility index (Phi) is 5.49. The fourth-order valence-corrected chi connectivity index (χ4v) is 2.64. The summed E-state index contributed by atoms with van der Waals surface area (Å²) < 4.78 is 0. The van der Waals surface area contributed by atoms with Crippen molar-refractivity contribution in [1.29, 1.82) is 0 Å². The van der Waals surface area contributed by atoms with Crippen molar-refractivity contribution < 1.29 is 4.79 Å². The maximum atomic E-state index is 12.2. The van der Waals surface area contributed by atoms with Crippen LogP contribution in [0.1, 0.15) is 47.0 Å². The average molecular weight is 304 g/mol. The fraction of sp³-hybridized carbons (Fsp3) is 0.929. The molecule has 1 saturated heterocycles. The molecule has 100 valence electrons. The number of hydrogen-bond acceptors (Lipinski definition) is 1. The molecule has 0 spiro atoms. The summed E-state index contributed by atoms with van der Waals surface area (Å²) >= 11 is 3.53. The van der Waals surface area contributed by atoms with E-state index in [0.717, 1.165) is 24.8 Å². The number of nitrogens with zero attached hydrogens (tertiary/aromatic N) is 1. The van der Waals surface area contributed by atoms with Crippen LogP contribution in [0.25, 0.3) is 0 Å². The van der Waals surface area contributed by atoms with E-state index >= 15 is 0 Å². The van der Waals surface area contributed by atoms with Gasteiger partial charge in [-0.25, -0.2) is 0 Å². The normalized spacial score (nSPS) is 23.6. The van der Waals surface area contributed by atoms with E-state index in [1.165, 1.54) is 6.42 Å². The number of piperidine rings is 1. The first-order valence-electron chi connectivity index (χ1n) is 6.68. The average Bonchev–Trinajstić information content (AvgIpc) is 2.27. The number of rotatable bonds is 3. The summed E-state index contributed by atoms with van der Waals surface area (Å²) in [5, 5.41) is 1.02. The fourth-order valence-electron chi connectivity index (χ4n) is 2.11. The zero-order chi connectivity index (χ0) is 13.1. The van der Waals surface area contributed by atoms with Crippen molar-refractivity contribution in [3.8, 4) is 0 Å². The summed E-state index contributed by atoms with van der Waals surface area (Å²) in [7, 11) is 0. The second kappa shape index (κ2) is 6.21. The lowest BCUT2D eigenvalue weighted by Crippen LogP contribution is -2.41. The maximum absolute atomic E-state index is 12.2. The minimum atomic E-state index is 0.222. The van der Waals surface area contributed by atoms with Crippen molar-refractivity contribution >= 4 is 21.8 Å². The van der Waals surface area contributed by atoms with Gasteiger partial charge in [0.1, 0.15) is 0 Å². The molecular formula is C14H26BrNO. The number of carbonyl (C=O) groups excluding carboxylic acids is 1. The van der Waals surface area contributed by atoms with Crippen LogP contribution in [-0.2, 0) is 4.79 Å². The summed E-state index contributed by atoms with van der Waals surface area (Å²) in [6, 6.07) is 0. The van der Waals surface area contributed by atoms with Crippen LogP contribution in [-0.4, -0.2) is 29.2 Å². The van der Waals surface area contributed by atoms with Crippen molar-refractivity contribution in [3.05, 3.63) is 0 Å². The Morgan fingerprint density at radius 2 is 2.12 bits per heavy atom. The zero-order valence-electron chi connectivity index (χ0n) is 11.6. The summed E-state index contributed by atoms with van der Waals surface area (Å²) in [5.74, 6) is 1.44. The van der Waals surface area contributed by atoms with Gasteiger partial charge in [-0.1, -0.05) is 43.6 Å². The van der Waals surface area contributed by atoms with E-state index in [0.29, 0.717) is 24.2 Å². The topological polar surface area (TPSA) is 20.3 Å². The van der Waals surface area contributed by atoms with E-state index in [2.05, 4.69) is 48.5 Å². The molecule has 1 aliphatic rings. The standard InChI is InChI=1S/C14H26BrNO/c1-11(14(2,3)4)8-13(17)16-7-5-6-12(9-15)10-16/h11-12H,5-10H2,1-4H3. The minimum absolute atomic E-state index is 0.222. The van der Waals surface area contributed by atoms with Crippen molar-refractivity contribution in [1.82, 2.24) is 4.90 Å². The van der Waals surface area contributed by atoms with Crippen molar-refractivity contribution in [2.75, 3.05) is 18.4 Å². The minimum Gasteiger partial charge on any atom is -0.342 e. The lowest BCUT2D eigenvalue weighted by atomic mass is 9.80. The van der Waals surface area contributed by atoms with Gasteiger partial charge in [0.05, 0.1) is 0 Å². The highest BCUT2D eigenvalue weighted by Crippen LogP contribution is 2.29. The van der Waals surface area contributed by atoms with Crippen LogP contribution in [0.5, 0.6) is 0 Å². The highest BCUT2D eigenvalue weighted by molar-refractivity contribution is 9.09. The highest BCUT2D eigenvalue weighted by atomic mass is 79.9. The molecule has 2 nitrogen and oxygen atoms in total. The molecule has 17 heavy (non-hydrogen) atoms. The van der Waals surface area contributed by atoms with Gasteiger partial charge in [0.25, 0.3) is 0 Å². The van der Waals surface area contributed by atoms with Crippen LogP contribution in [0.15, 0.2) is 0 Å². The predicted octanol–water partition coefficient (Wildman–Crippen LogP) is 3.69. The third kappa shape index (κ3) is 4.61. The van der Waals surface area contributed by atoms with Gasteiger partial charge in [0.15, 0.2) is 0 Å². The summed E-state index contributed by atoms with van der Waals surface area (Å²) in [4.78, 5) is 14.3. The second-order valence-electron chi connectivity index (χ2n) is 6.47. The quantitative estimate of drug-likeness (QED) is 0.728. The van der Waals surface area contributed by atoms with Crippen molar-refractivity contribution in [2.24, 2.45) is 17.3 Å². The molecule has 1 rings (SSSR count). The smallest absolute Gasteiger partial charge is 0.222 e. The first kappa shape index (κ1) is 15.0. The molecule has 0 N–H and O–H groups in total. The van der Waals surface area contributed by atoms with Gasteiger partial charge in [-0.2, -0.15) is 0 Å². The molecule has 1 heterocycles. The number of carbonyl (C=O) groups is 1. The molecule has 1 aliphatic heterocycles. The SMILES string of the molecule is CC(CC(=O)N1CCCC(CBr)C1)C(C)(C)C. The molecule has 0 aromatic rings. The molecule has 1 fully saturated rings. The largest absolute Gasteiger partial charge is 0.342 e. The van der Waals surface area contributed by atoms with Gasteiger partial charge in [-0.15, -0.1) is 0 Å². The van der Waals surface area contributed by atoms with Gasteiger partial charge in [0, 0.05) is 24.8 Å².